The van der Waals surface area contributed by atoms with Gasteiger partial charge in [0.05, 0.1) is 17.3 Å². The number of ether oxygens (including phenoxy) is 2. The quantitative estimate of drug-likeness (QED) is 0.463. The molecule has 0 fully saturated rings. The van der Waals surface area contributed by atoms with Crippen LogP contribution in [0, 0.1) is 0 Å². The summed E-state index contributed by atoms with van der Waals surface area (Å²) in [5.41, 5.74) is 1.07. The number of amides is 1. The second-order valence-electron chi connectivity index (χ2n) is 6.20. The van der Waals surface area contributed by atoms with E-state index in [1.807, 2.05) is 18.2 Å². The summed E-state index contributed by atoms with van der Waals surface area (Å²) in [6.07, 6.45) is 1.12. The van der Waals surface area contributed by atoms with E-state index in [4.69, 9.17) is 25.5 Å². The maximum Gasteiger partial charge on any atom is 0.293 e. The number of nitrogens with zero attached hydrogens (tertiary/aromatic N) is 1. The van der Waals surface area contributed by atoms with Crippen LogP contribution in [-0.2, 0) is 6.61 Å². The summed E-state index contributed by atoms with van der Waals surface area (Å²) < 4.78 is 16.8. The molecule has 7 nitrogen and oxygen atoms in total. The van der Waals surface area contributed by atoms with E-state index in [9.17, 15) is 9.59 Å². The van der Waals surface area contributed by atoms with Crippen molar-refractivity contribution in [3.05, 3.63) is 81.4 Å². The molecule has 1 N–H and O–H groups in total. The Hall–Kier alpha value is -3.36. The first-order valence-electron chi connectivity index (χ1n) is 8.78. The van der Waals surface area contributed by atoms with Gasteiger partial charge in [0.25, 0.3) is 5.91 Å². The number of hydrogen-bond acceptors (Lipinski definition) is 7. The van der Waals surface area contributed by atoms with Gasteiger partial charge < -0.3 is 13.9 Å². The topological polar surface area (TPSA) is 90.7 Å². The number of aromatic nitrogens is 1. The molecule has 1 amide bonds. The lowest BCUT2D eigenvalue weighted by molar-refractivity contribution is 0.0993. The summed E-state index contributed by atoms with van der Waals surface area (Å²) in [7, 11) is 1.57. The van der Waals surface area contributed by atoms with Gasteiger partial charge in [-0.25, -0.2) is 4.98 Å². The molecule has 0 aliphatic rings. The van der Waals surface area contributed by atoms with E-state index in [2.05, 4.69) is 10.3 Å². The van der Waals surface area contributed by atoms with E-state index in [-0.39, 0.29) is 18.1 Å². The first kappa shape index (κ1) is 19.9. The number of fused-ring (bicyclic) bond motifs is 1. The monoisotopic (exact) mass is 442 g/mol. The minimum atomic E-state index is -0.586. The van der Waals surface area contributed by atoms with Crippen molar-refractivity contribution in [2.75, 3.05) is 12.4 Å². The van der Waals surface area contributed by atoms with Crippen molar-refractivity contribution in [2.45, 2.75) is 6.61 Å². The fourth-order valence-electron chi connectivity index (χ4n) is 2.66. The largest absolute Gasteiger partial charge is 0.497 e. The van der Waals surface area contributed by atoms with E-state index in [1.54, 1.807) is 31.4 Å². The molecule has 0 saturated carbocycles. The molecule has 4 aromatic rings. The molecule has 0 aliphatic carbocycles. The van der Waals surface area contributed by atoms with Crippen molar-refractivity contribution >= 4 is 44.2 Å². The molecule has 0 bridgehead atoms. The summed E-state index contributed by atoms with van der Waals surface area (Å²) >= 11 is 7.23. The van der Waals surface area contributed by atoms with Crippen LogP contribution in [0.3, 0.4) is 0 Å². The summed E-state index contributed by atoms with van der Waals surface area (Å²) in [6, 6.07) is 13.6. The highest BCUT2D eigenvalue weighted by atomic mass is 35.5. The standard InChI is InChI=1S/C21H15ClN2O5S/c1-27-14-4-2-3-12(7-14)10-28-18-11-29-17(9-16(18)25)20(26)24-21-23-15-6-5-13(22)8-19(15)30-21/h2-9,11H,10H2,1H3,(H,23,24,26). The maximum absolute atomic E-state index is 12.4. The lowest BCUT2D eigenvalue weighted by Gasteiger charge is -2.07. The first-order valence-corrected chi connectivity index (χ1v) is 9.97. The van der Waals surface area contributed by atoms with Crippen LogP contribution in [-0.4, -0.2) is 18.0 Å². The number of thiazole rings is 1. The Balaban J connectivity index is 1.45. The molecule has 0 atom stereocenters. The number of rotatable bonds is 6. The van der Waals surface area contributed by atoms with Crippen LogP contribution in [0.4, 0.5) is 5.13 Å². The zero-order valence-electron chi connectivity index (χ0n) is 15.7. The van der Waals surface area contributed by atoms with Gasteiger partial charge in [0.15, 0.2) is 10.9 Å². The predicted octanol–water partition coefficient (Wildman–Crippen LogP) is 4.74. The Morgan fingerprint density at radius 2 is 2.10 bits per heavy atom. The Labute approximate surface area is 179 Å². The number of carbonyl (C=O) groups is 1. The van der Waals surface area contributed by atoms with Crippen molar-refractivity contribution in [3.63, 3.8) is 0 Å². The highest BCUT2D eigenvalue weighted by Crippen LogP contribution is 2.28. The molecular formula is C21H15ClN2O5S. The smallest absolute Gasteiger partial charge is 0.293 e. The Morgan fingerprint density at radius 1 is 1.23 bits per heavy atom. The second-order valence-corrected chi connectivity index (χ2v) is 7.67. The highest BCUT2D eigenvalue weighted by Gasteiger charge is 2.15. The van der Waals surface area contributed by atoms with Gasteiger partial charge >= 0.3 is 0 Å². The van der Waals surface area contributed by atoms with Crippen LogP contribution in [0.5, 0.6) is 11.5 Å². The molecule has 0 radical (unpaired) electrons. The van der Waals surface area contributed by atoms with E-state index in [0.717, 1.165) is 22.6 Å². The van der Waals surface area contributed by atoms with E-state index < -0.39 is 11.3 Å². The fraction of sp³-hybridized carbons (Fsp3) is 0.0952. The molecule has 0 spiro atoms. The third-order valence-corrected chi connectivity index (χ3v) is 5.29. The molecular weight excluding hydrogens is 428 g/mol. The summed E-state index contributed by atoms with van der Waals surface area (Å²) in [5, 5.41) is 3.58. The molecule has 30 heavy (non-hydrogen) atoms. The number of methoxy groups -OCH3 is 1. The fourth-order valence-corrected chi connectivity index (χ4v) is 3.79. The molecule has 152 valence electrons. The maximum atomic E-state index is 12.4. The van der Waals surface area contributed by atoms with Crippen molar-refractivity contribution in [1.82, 2.24) is 4.98 Å². The van der Waals surface area contributed by atoms with E-state index in [0.29, 0.717) is 21.4 Å². The van der Waals surface area contributed by atoms with E-state index in [1.165, 1.54) is 11.3 Å². The molecule has 9 heteroatoms. The van der Waals surface area contributed by atoms with Crippen molar-refractivity contribution in [2.24, 2.45) is 0 Å². The minimum absolute atomic E-state index is 0.00370. The third kappa shape index (κ3) is 4.45. The van der Waals surface area contributed by atoms with Gasteiger partial charge in [-0.2, -0.15) is 0 Å². The average molecular weight is 443 g/mol. The average Bonchev–Trinajstić information content (AvgIpc) is 3.14. The molecule has 0 unspecified atom stereocenters. The summed E-state index contributed by atoms with van der Waals surface area (Å²) in [6.45, 7) is 0.155. The van der Waals surface area contributed by atoms with Crippen molar-refractivity contribution < 1.29 is 18.7 Å². The number of nitrogens with one attached hydrogen (secondary N) is 1. The normalized spacial score (nSPS) is 10.7. The van der Waals surface area contributed by atoms with Gasteiger partial charge in [-0.1, -0.05) is 35.1 Å². The highest BCUT2D eigenvalue weighted by molar-refractivity contribution is 7.22. The lowest BCUT2D eigenvalue weighted by atomic mass is 10.2. The number of hydrogen-bond donors (Lipinski definition) is 1. The van der Waals surface area contributed by atoms with Crippen LogP contribution in [0.15, 0.2) is 64.0 Å². The summed E-state index contributed by atoms with van der Waals surface area (Å²) in [5.74, 6) is -0.0427. The van der Waals surface area contributed by atoms with Crippen molar-refractivity contribution in [3.8, 4) is 11.5 Å². The lowest BCUT2D eigenvalue weighted by Crippen LogP contribution is -2.15. The first-order chi connectivity index (χ1) is 14.5. The number of anilines is 1. The third-order valence-electron chi connectivity index (χ3n) is 4.12. The van der Waals surface area contributed by atoms with Gasteiger partial charge in [-0.3, -0.25) is 14.9 Å². The Morgan fingerprint density at radius 3 is 2.90 bits per heavy atom. The van der Waals surface area contributed by atoms with Crippen molar-refractivity contribution in [1.29, 1.82) is 0 Å². The van der Waals surface area contributed by atoms with E-state index >= 15 is 0 Å². The molecule has 0 aliphatic heterocycles. The molecule has 2 aromatic heterocycles. The number of halogens is 1. The minimum Gasteiger partial charge on any atom is -0.497 e. The summed E-state index contributed by atoms with van der Waals surface area (Å²) in [4.78, 5) is 29.0. The second kappa shape index (κ2) is 8.56. The number of benzene rings is 2. The van der Waals surface area contributed by atoms with Crippen LogP contribution in [0.1, 0.15) is 16.1 Å². The number of carbonyl (C=O) groups excluding carboxylic acids is 1. The molecule has 2 heterocycles. The van der Waals surface area contributed by atoms with Gasteiger partial charge in [-0.05, 0) is 35.9 Å². The molecule has 2 aromatic carbocycles. The van der Waals surface area contributed by atoms with Gasteiger partial charge in [-0.15, -0.1) is 0 Å². The zero-order valence-corrected chi connectivity index (χ0v) is 17.3. The van der Waals surface area contributed by atoms with Gasteiger partial charge in [0, 0.05) is 11.1 Å². The zero-order chi connectivity index (χ0) is 21.1. The van der Waals surface area contributed by atoms with Gasteiger partial charge in [0.1, 0.15) is 18.6 Å². The molecule has 0 saturated heterocycles. The predicted molar refractivity (Wildman–Crippen MR) is 115 cm³/mol. The van der Waals surface area contributed by atoms with Crippen LogP contribution < -0.4 is 20.2 Å². The Bertz CT molecular complexity index is 1280. The molecule has 4 rings (SSSR count). The SMILES string of the molecule is COc1cccc(COc2coc(C(=O)Nc3nc4ccc(Cl)cc4s3)cc2=O)c1. The van der Waals surface area contributed by atoms with Crippen LogP contribution >= 0.6 is 22.9 Å². The van der Waals surface area contributed by atoms with Crippen LogP contribution in [0.25, 0.3) is 10.2 Å². The van der Waals surface area contributed by atoms with Gasteiger partial charge in [0.2, 0.25) is 11.2 Å². The van der Waals surface area contributed by atoms with Crippen LogP contribution in [0.2, 0.25) is 5.02 Å². The Kier molecular flexibility index (Phi) is 5.69.